The van der Waals surface area contributed by atoms with Crippen molar-refractivity contribution in [3.63, 3.8) is 0 Å². The highest BCUT2D eigenvalue weighted by atomic mass is 16.5. The molecule has 4 unspecified atom stereocenters. The Morgan fingerprint density at radius 2 is 1.28 bits per heavy atom. The predicted octanol–water partition coefficient (Wildman–Crippen LogP) is 3.30. The number of aliphatic carboxylic acids is 1. The van der Waals surface area contributed by atoms with Gasteiger partial charge in [-0.25, -0.2) is 0 Å². The molecule has 1 N–H and O–H groups in total. The molecule has 5 heteroatoms. The van der Waals surface area contributed by atoms with Crippen LogP contribution in [0.15, 0.2) is 72.8 Å². The van der Waals surface area contributed by atoms with Gasteiger partial charge in [-0.15, -0.1) is 0 Å². The molecular weight excluding hydrogens is 366 g/mol. The van der Waals surface area contributed by atoms with Crippen LogP contribution in [-0.4, -0.2) is 48.2 Å². The van der Waals surface area contributed by atoms with E-state index in [1.54, 1.807) is 4.90 Å². The van der Waals surface area contributed by atoms with Crippen molar-refractivity contribution in [3.05, 3.63) is 83.9 Å². The summed E-state index contributed by atoms with van der Waals surface area (Å²) in [4.78, 5) is 27.9. The molecule has 4 atom stereocenters. The smallest absolute Gasteiger partial charge is 0.308 e. The fourth-order valence-corrected chi connectivity index (χ4v) is 4.52. The van der Waals surface area contributed by atoms with Gasteiger partial charge in [0, 0.05) is 24.9 Å². The maximum Gasteiger partial charge on any atom is 0.308 e. The molecule has 0 saturated carbocycles. The van der Waals surface area contributed by atoms with Gasteiger partial charge in [0.1, 0.15) is 0 Å². The van der Waals surface area contributed by atoms with E-state index in [1.807, 2.05) is 72.8 Å². The minimum Gasteiger partial charge on any atom is -0.481 e. The fourth-order valence-electron chi connectivity index (χ4n) is 4.52. The summed E-state index contributed by atoms with van der Waals surface area (Å²) in [7, 11) is 0. The molecule has 4 rings (SSSR count). The van der Waals surface area contributed by atoms with E-state index in [1.165, 1.54) is 0 Å². The Balaban J connectivity index is 1.78. The second kappa shape index (κ2) is 8.62. The summed E-state index contributed by atoms with van der Waals surface area (Å²) in [6, 6.07) is 19.3. The van der Waals surface area contributed by atoms with Crippen LogP contribution in [0.3, 0.4) is 0 Å². The van der Waals surface area contributed by atoms with Crippen LogP contribution in [0.1, 0.15) is 23.0 Å². The highest BCUT2D eigenvalue weighted by molar-refractivity contribution is 5.87. The van der Waals surface area contributed by atoms with Gasteiger partial charge in [-0.1, -0.05) is 72.8 Å². The van der Waals surface area contributed by atoms with E-state index in [0.717, 1.165) is 11.1 Å². The zero-order chi connectivity index (χ0) is 20.2. The summed E-state index contributed by atoms with van der Waals surface area (Å²) >= 11 is 0. The summed E-state index contributed by atoms with van der Waals surface area (Å²) in [6.07, 6.45) is 3.99. The highest BCUT2D eigenvalue weighted by Gasteiger charge is 2.47. The van der Waals surface area contributed by atoms with E-state index in [4.69, 9.17) is 4.74 Å². The van der Waals surface area contributed by atoms with Crippen LogP contribution in [0.5, 0.6) is 0 Å². The van der Waals surface area contributed by atoms with Crippen molar-refractivity contribution in [2.24, 2.45) is 11.8 Å². The van der Waals surface area contributed by atoms with Crippen molar-refractivity contribution in [2.45, 2.75) is 11.8 Å². The van der Waals surface area contributed by atoms with Gasteiger partial charge in [-0.3, -0.25) is 9.59 Å². The number of hydrogen-bond donors (Lipinski definition) is 1. The number of hydrogen-bond acceptors (Lipinski definition) is 3. The largest absolute Gasteiger partial charge is 0.481 e. The molecule has 1 saturated heterocycles. The van der Waals surface area contributed by atoms with Crippen molar-refractivity contribution in [2.75, 3.05) is 26.3 Å². The van der Waals surface area contributed by atoms with Gasteiger partial charge in [-0.2, -0.15) is 0 Å². The lowest BCUT2D eigenvalue weighted by atomic mass is 9.66. The first-order valence-corrected chi connectivity index (χ1v) is 10.0. The van der Waals surface area contributed by atoms with Crippen molar-refractivity contribution < 1.29 is 19.4 Å². The van der Waals surface area contributed by atoms with Crippen LogP contribution in [0.2, 0.25) is 0 Å². The highest BCUT2D eigenvalue weighted by Crippen LogP contribution is 2.45. The summed E-state index contributed by atoms with van der Waals surface area (Å²) in [5.74, 6) is -3.14. The van der Waals surface area contributed by atoms with Crippen molar-refractivity contribution in [1.82, 2.24) is 4.90 Å². The fraction of sp³-hybridized carbons (Fsp3) is 0.333. The lowest BCUT2D eigenvalue weighted by Gasteiger charge is -2.40. The lowest BCUT2D eigenvalue weighted by molar-refractivity contribution is -0.153. The van der Waals surface area contributed by atoms with E-state index >= 15 is 0 Å². The lowest BCUT2D eigenvalue weighted by Crippen LogP contribution is -2.49. The molecule has 2 aliphatic rings. The third kappa shape index (κ3) is 3.96. The maximum atomic E-state index is 13.6. The van der Waals surface area contributed by atoms with E-state index in [-0.39, 0.29) is 17.7 Å². The molecule has 1 amide bonds. The average Bonchev–Trinajstić information content (AvgIpc) is 2.79. The van der Waals surface area contributed by atoms with Gasteiger partial charge in [0.15, 0.2) is 0 Å². The first-order valence-electron chi connectivity index (χ1n) is 10.0. The maximum absolute atomic E-state index is 13.6. The third-order valence-electron chi connectivity index (χ3n) is 5.95. The molecule has 0 spiro atoms. The molecule has 0 bridgehead atoms. The number of carbonyl (C=O) groups is 2. The molecule has 2 aromatic carbocycles. The minimum absolute atomic E-state index is 0.0974. The number of rotatable bonds is 4. The van der Waals surface area contributed by atoms with Crippen LogP contribution in [-0.2, 0) is 14.3 Å². The molecular formula is C24H25NO4. The summed E-state index contributed by atoms with van der Waals surface area (Å²) < 4.78 is 5.39. The molecule has 150 valence electrons. The van der Waals surface area contributed by atoms with Crippen LogP contribution in [0.4, 0.5) is 0 Å². The number of carboxylic acid groups (broad SMARTS) is 1. The molecule has 29 heavy (non-hydrogen) atoms. The number of amides is 1. The number of carboxylic acids is 1. The van der Waals surface area contributed by atoms with E-state index < -0.39 is 17.8 Å². The number of benzene rings is 2. The van der Waals surface area contributed by atoms with Gasteiger partial charge in [-0.05, 0) is 11.1 Å². The van der Waals surface area contributed by atoms with E-state index in [9.17, 15) is 14.7 Å². The Morgan fingerprint density at radius 3 is 1.76 bits per heavy atom. The topological polar surface area (TPSA) is 66.8 Å². The second-order valence-electron chi connectivity index (χ2n) is 7.59. The first kappa shape index (κ1) is 19.4. The molecule has 1 aliphatic heterocycles. The van der Waals surface area contributed by atoms with Crippen LogP contribution >= 0.6 is 0 Å². The SMILES string of the molecule is O=C(O)C1C(c2ccccc2)C=CC(c2ccccc2)C1C(=O)N1CCOCC1. The van der Waals surface area contributed by atoms with Crippen LogP contribution in [0.25, 0.3) is 0 Å². The molecule has 5 nitrogen and oxygen atoms in total. The van der Waals surface area contributed by atoms with Gasteiger partial charge in [0.05, 0.1) is 25.0 Å². The second-order valence-corrected chi connectivity index (χ2v) is 7.59. The summed E-state index contributed by atoms with van der Waals surface area (Å²) in [6.45, 7) is 1.99. The molecule has 1 fully saturated rings. The van der Waals surface area contributed by atoms with Crippen molar-refractivity contribution >= 4 is 11.9 Å². The third-order valence-corrected chi connectivity index (χ3v) is 5.95. The van der Waals surface area contributed by atoms with Crippen molar-refractivity contribution in [1.29, 1.82) is 0 Å². The molecule has 0 radical (unpaired) electrons. The Kier molecular flexibility index (Phi) is 5.76. The van der Waals surface area contributed by atoms with E-state index in [2.05, 4.69) is 0 Å². The zero-order valence-electron chi connectivity index (χ0n) is 16.2. The van der Waals surface area contributed by atoms with Gasteiger partial charge in [0.2, 0.25) is 5.91 Å². The molecule has 0 aromatic heterocycles. The first-order chi connectivity index (χ1) is 14.2. The monoisotopic (exact) mass is 391 g/mol. The van der Waals surface area contributed by atoms with Crippen LogP contribution < -0.4 is 0 Å². The van der Waals surface area contributed by atoms with Crippen molar-refractivity contribution in [3.8, 4) is 0 Å². The average molecular weight is 391 g/mol. The normalized spacial score (nSPS) is 26.8. The van der Waals surface area contributed by atoms with E-state index in [0.29, 0.717) is 26.3 Å². The van der Waals surface area contributed by atoms with Gasteiger partial charge in [0.25, 0.3) is 0 Å². The summed E-state index contributed by atoms with van der Waals surface area (Å²) in [5, 5.41) is 10.2. The molecule has 1 aliphatic carbocycles. The summed E-state index contributed by atoms with van der Waals surface area (Å²) in [5.41, 5.74) is 1.88. The Bertz CT molecular complexity index is 874. The Hall–Kier alpha value is -2.92. The number of nitrogens with zero attached hydrogens (tertiary/aromatic N) is 1. The quantitative estimate of drug-likeness (QED) is 0.812. The number of morpholine rings is 1. The molecule has 2 aromatic rings. The Labute approximate surface area is 170 Å². The number of allylic oxidation sites excluding steroid dienone is 2. The number of ether oxygens (including phenoxy) is 1. The number of carbonyl (C=O) groups excluding carboxylic acids is 1. The molecule has 1 heterocycles. The van der Waals surface area contributed by atoms with Crippen LogP contribution in [0, 0.1) is 11.8 Å². The van der Waals surface area contributed by atoms with Gasteiger partial charge >= 0.3 is 5.97 Å². The minimum atomic E-state index is -0.934. The standard InChI is InChI=1S/C24H25NO4/c26-23(25-13-15-29-16-14-25)21-19(17-7-3-1-4-8-17)11-12-20(22(21)24(27)28)18-9-5-2-6-10-18/h1-12,19-22H,13-16H2,(H,27,28). The zero-order valence-corrected chi connectivity index (χ0v) is 16.2. The van der Waals surface area contributed by atoms with Gasteiger partial charge < -0.3 is 14.7 Å². The predicted molar refractivity (Wildman–Crippen MR) is 110 cm³/mol. The Morgan fingerprint density at radius 1 is 0.793 bits per heavy atom.